The molecule has 5 atom stereocenters. The zero-order valence-corrected chi connectivity index (χ0v) is 20.1. The van der Waals surface area contributed by atoms with Crippen LogP contribution in [0.1, 0.15) is 39.5 Å². The Balaban J connectivity index is 5.66. The largest absolute Gasteiger partial charge is 0.481 e. The van der Waals surface area contributed by atoms with E-state index in [1.165, 1.54) is 0 Å². The lowest BCUT2D eigenvalue weighted by atomic mass is 9.97. The Morgan fingerprint density at radius 3 is 2.03 bits per heavy atom. The summed E-state index contributed by atoms with van der Waals surface area (Å²) in [5.41, 5.74) is 16.2. The van der Waals surface area contributed by atoms with Crippen LogP contribution in [0.5, 0.6) is 0 Å². The Morgan fingerprint density at radius 1 is 0.971 bits per heavy atom. The normalized spacial score (nSPS) is 15.1. The third-order valence-electron chi connectivity index (χ3n) is 4.90. The number of amides is 3. The van der Waals surface area contributed by atoms with Gasteiger partial charge in [-0.3, -0.25) is 24.2 Å². The lowest BCUT2D eigenvalue weighted by Crippen LogP contribution is -2.58. The number of nitrogens with one attached hydrogen (secondary N) is 3. The molecule has 5 unspecified atom stereocenters. The second-order valence-electron chi connectivity index (χ2n) is 7.67. The van der Waals surface area contributed by atoms with Gasteiger partial charge in [-0.05, 0) is 18.8 Å². The van der Waals surface area contributed by atoms with Gasteiger partial charge >= 0.3 is 11.9 Å². The van der Waals surface area contributed by atoms with E-state index in [1.807, 2.05) is 0 Å². The molecule has 0 saturated carbocycles. The number of carbonyl (C=O) groups excluding carboxylic acids is 3. The average molecular weight is 506 g/mol. The topological polar surface area (TPSA) is 252 Å². The first-order chi connectivity index (χ1) is 15.8. The quantitative estimate of drug-likeness (QED) is 0.0456. The van der Waals surface area contributed by atoms with Gasteiger partial charge in [0.05, 0.1) is 12.5 Å². The molecule has 0 saturated heterocycles. The molecule has 15 heteroatoms. The summed E-state index contributed by atoms with van der Waals surface area (Å²) in [7, 11) is 0. The van der Waals surface area contributed by atoms with Crippen molar-refractivity contribution in [1.82, 2.24) is 16.0 Å². The van der Waals surface area contributed by atoms with Gasteiger partial charge < -0.3 is 43.4 Å². The fraction of sp³-hybridized carbons (Fsp3) is 0.684. The molecular weight excluding hydrogens is 470 g/mol. The highest BCUT2D eigenvalue weighted by Crippen LogP contribution is 2.10. The number of hydrogen-bond acceptors (Lipinski definition) is 8. The molecule has 3 amide bonds. The molecule has 0 fully saturated rings. The SMILES string of the molecule is CCC(C)C(NC(=O)C(N)CS)C(=O)NC(CCCN=C(N)N)C(=O)NC(CC(=O)O)C(=O)O. The zero-order valence-electron chi connectivity index (χ0n) is 19.2. The Labute approximate surface area is 202 Å². The fourth-order valence-electron chi connectivity index (χ4n) is 2.73. The van der Waals surface area contributed by atoms with Gasteiger partial charge in [0.15, 0.2) is 5.96 Å². The number of carboxylic acids is 2. The molecule has 0 aromatic heterocycles. The van der Waals surface area contributed by atoms with Crippen LogP contribution in [0, 0.1) is 5.92 Å². The summed E-state index contributed by atoms with van der Waals surface area (Å²) >= 11 is 3.96. The highest BCUT2D eigenvalue weighted by Gasteiger charge is 2.32. The van der Waals surface area contributed by atoms with Crippen molar-refractivity contribution in [1.29, 1.82) is 0 Å². The van der Waals surface area contributed by atoms with Gasteiger partial charge in [0.25, 0.3) is 0 Å². The van der Waals surface area contributed by atoms with Gasteiger partial charge in [0, 0.05) is 12.3 Å². The Kier molecular flexibility index (Phi) is 14.3. The van der Waals surface area contributed by atoms with Crippen LogP contribution in [0.2, 0.25) is 0 Å². The molecule has 34 heavy (non-hydrogen) atoms. The molecule has 194 valence electrons. The van der Waals surface area contributed by atoms with Crippen molar-refractivity contribution in [3.63, 3.8) is 0 Å². The van der Waals surface area contributed by atoms with Gasteiger partial charge in [-0.1, -0.05) is 20.3 Å². The smallest absolute Gasteiger partial charge is 0.326 e. The summed E-state index contributed by atoms with van der Waals surface area (Å²) in [4.78, 5) is 64.0. The van der Waals surface area contributed by atoms with E-state index in [2.05, 4.69) is 33.6 Å². The predicted molar refractivity (Wildman–Crippen MR) is 127 cm³/mol. The molecule has 0 heterocycles. The first kappa shape index (κ1) is 30.9. The second-order valence-corrected chi connectivity index (χ2v) is 8.03. The van der Waals surface area contributed by atoms with Crippen LogP contribution in [-0.4, -0.2) is 82.3 Å². The van der Waals surface area contributed by atoms with Crippen LogP contribution in [0.3, 0.4) is 0 Å². The molecule has 0 aliphatic heterocycles. The molecule has 11 N–H and O–H groups in total. The third-order valence-corrected chi connectivity index (χ3v) is 5.29. The van der Waals surface area contributed by atoms with Crippen LogP contribution in [0.15, 0.2) is 4.99 Å². The standard InChI is InChI=1S/C19H35N7O7S/c1-3-9(2)14(26-15(29)10(20)8-34)17(31)24-11(5-4-6-23-19(21)22)16(30)25-12(18(32)33)7-13(27)28/h9-12,14,34H,3-8,20H2,1-2H3,(H,24,31)(H,25,30)(H,26,29)(H,27,28)(H,32,33)(H4,21,22,23). The van der Waals surface area contributed by atoms with E-state index in [-0.39, 0.29) is 37.0 Å². The van der Waals surface area contributed by atoms with Crippen molar-refractivity contribution < 1.29 is 34.2 Å². The fourth-order valence-corrected chi connectivity index (χ4v) is 2.89. The van der Waals surface area contributed by atoms with E-state index in [1.54, 1.807) is 13.8 Å². The van der Waals surface area contributed by atoms with E-state index in [9.17, 15) is 29.1 Å². The van der Waals surface area contributed by atoms with Gasteiger partial charge in [0.2, 0.25) is 17.7 Å². The number of hydrogen-bond donors (Lipinski definition) is 9. The maximum Gasteiger partial charge on any atom is 0.326 e. The number of carbonyl (C=O) groups is 5. The molecule has 0 spiro atoms. The number of nitrogens with two attached hydrogens (primary N) is 3. The van der Waals surface area contributed by atoms with Crippen molar-refractivity contribution in [3.8, 4) is 0 Å². The molecular formula is C19H35N7O7S. The Bertz CT molecular complexity index is 761. The molecule has 0 aliphatic rings. The zero-order chi connectivity index (χ0) is 26.4. The van der Waals surface area contributed by atoms with Crippen LogP contribution < -0.4 is 33.2 Å². The summed E-state index contributed by atoms with van der Waals surface area (Å²) in [5.74, 6) is -5.63. The van der Waals surface area contributed by atoms with Crippen molar-refractivity contribution in [2.45, 2.75) is 63.7 Å². The summed E-state index contributed by atoms with van der Waals surface area (Å²) in [5, 5.41) is 25.3. The summed E-state index contributed by atoms with van der Waals surface area (Å²) in [6, 6.07) is -4.95. The number of carboxylic acid groups (broad SMARTS) is 2. The van der Waals surface area contributed by atoms with Gasteiger partial charge in [-0.25, -0.2) is 4.79 Å². The van der Waals surface area contributed by atoms with Crippen molar-refractivity contribution in [2.75, 3.05) is 12.3 Å². The minimum absolute atomic E-state index is 0.00505. The molecule has 0 radical (unpaired) electrons. The predicted octanol–water partition coefficient (Wildman–Crippen LogP) is -2.64. The average Bonchev–Trinajstić information content (AvgIpc) is 2.76. The Morgan fingerprint density at radius 2 is 1.56 bits per heavy atom. The lowest BCUT2D eigenvalue weighted by Gasteiger charge is -2.27. The van der Waals surface area contributed by atoms with E-state index < -0.39 is 60.2 Å². The first-order valence-corrected chi connectivity index (χ1v) is 11.2. The first-order valence-electron chi connectivity index (χ1n) is 10.6. The second kappa shape index (κ2) is 15.7. The van der Waals surface area contributed by atoms with Crippen molar-refractivity contribution in [2.24, 2.45) is 28.1 Å². The summed E-state index contributed by atoms with van der Waals surface area (Å²) < 4.78 is 0. The Hall–Kier alpha value is -3.07. The number of rotatable bonds is 16. The van der Waals surface area contributed by atoms with Crippen LogP contribution >= 0.6 is 12.6 Å². The summed E-state index contributed by atoms with van der Waals surface area (Å²) in [6.07, 6.45) is -0.110. The minimum atomic E-state index is -1.71. The molecule has 0 rings (SSSR count). The number of aliphatic imine (C=N–C) groups is 1. The van der Waals surface area contributed by atoms with Crippen molar-refractivity contribution in [3.05, 3.63) is 0 Å². The highest BCUT2D eigenvalue weighted by molar-refractivity contribution is 7.80. The van der Waals surface area contributed by atoms with E-state index in [4.69, 9.17) is 22.3 Å². The monoisotopic (exact) mass is 505 g/mol. The molecule has 0 aliphatic carbocycles. The minimum Gasteiger partial charge on any atom is -0.481 e. The molecule has 0 bridgehead atoms. The van der Waals surface area contributed by atoms with Gasteiger partial charge in [-0.2, -0.15) is 12.6 Å². The summed E-state index contributed by atoms with van der Waals surface area (Å²) in [6.45, 7) is 3.65. The van der Waals surface area contributed by atoms with Crippen LogP contribution in [0.25, 0.3) is 0 Å². The maximum absolute atomic E-state index is 13.0. The third kappa shape index (κ3) is 11.7. The van der Waals surface area contributed by atoms with E-state index in [0.29, 0.717) is 6.42 Å². The van der Waals surface area contributed by atoms with E-state index in [0.717, 1.165) is 0 Å². The molecule has 0 aromatic carbocycles. The lowest BCUT2D eigenvalue weighted by molar-refractivity contribution is -0.147. The van der Waals surface area contributed by atoms with Gasteiger partial charge in [0.1, 0.15) is 18.1 Å². The van der Waals surface area contributed by atoms with Gasteiger partial charge in [-0.15, -0.1) is 0 Å². The number of thiol groups is 1. The number of nitrogens with zero attached hydrogens (tertiary/aromatic N) is 1. The molecule has 14 nitrogen and oxygen atoms in total. The maximum atomic E-state index is 13.0. The van der Waals surface area contributed by atoms with Crippen LogP contribution in [-0.2, 0) is 24.0 Å². The van der Waals surface area contributed by atoms with Crippen LogP contribution in [0.4, 0.5) is 0 Å². The molecule has 0 aromatic rings. The van der Waals surface area contributed by atoms with Crippen molar-refractivity contribution >= 4 is 48.2 Å². The highest BCUT2D eigenvalue weighted by atomic mass is 32.1. The number of aliphatic carboxylic acids is 2. The van der Waals surface area contributed by atoms with E-state index >= 15 is 0 Å². The number of guanidine groups is 1.